The van der Waals surface area contributed by atoms with Gasteiger partial charge in [-0.1, -0.05) is 6.07 Å². The van der Waals surface area contributed by atoms with Crippen molar-refractivity contribution in [1.82, 2.24) is 9.13 Å². The van der Waals surface area contributed by atoms with Crippen LogP contribution in [-0.2, 0) is 4.74 Å². The molecule has 0 atom stereocenters. The molecule has 2 aromatic carbocycles. The number of hydrogen-bond donors (Lipinski definition) is 0. The van der Waals surface area contributed by atoms with Crippen LogP contribution in [0.15, 0.2) is 47.3 Å². The summed E-state index contributed by atoms with van der Waals surface area (Å²) in [5.74, 6) is -0.564. The molecular weight excluding hydrogens is 358 g/mol. The molecule has 27 heavy (non-hydrogen) atoms. The number of methoxy groups -OCH3 is 1. The van der Waals surface area contributed by atoms with Gasteiger partial charge < -0.3 is 9.47 Å². The van der Waals surface area contributed by atoms with Gasteiger partial charge in [-0.3, -0.25) is 9.13 Å². The molecule has 0 bridgehead atoms. The molecule has 3 aromatic rings. The van der Waals surface area contributed by atoms with E-state index in [1.165, 1.54) is 34.4 Å². The molecular formula is C19H18F2N2O4. The summed E-state index contributed by atoms with van der Waals surface area (Å²) >= 11 is 0. The van der Waals surface area contributed by atoms with Crippen LogP contribution >= 0.6 is 0 Å². The average molecular weight is 376 g/mol. The maximum absolute atomic E-state index is 13.0. The number of alkyl halides is 2. The van der Waals surface area contributed by atoms with Crippen LogP contribution in [-0.4, -0.2) is 28.8 Å². The minimum Gasteiger partial charge on any atom is -0.465 e. The summed E-state index contributed by atoms with van der Waals surface area (Å²) < 4.78 is 37.1. The van der Waals surface area contributed by atoms with E-state index in [9.17, 15) is 18.4 Å². The Balaban J connectivity index is 2.26. The molecule has 0 saturated carbocycles. The van der Waals surface area contributed by atoms with E-state index in [1.807, 2.05) is 13.8 Å². The third-order valence-corrected chi connectivity index (χ3v) is 4.11. The first-order chi connectivity index (χ1) is 12.8. The standard InChI is InChI=1S/C19H18F2N2O4/c1-11(2)22-16-9-12(17(24)26-3)7-8-15(16)23(19(22)25)13-5-4-6-14(10-13)27-18(20)21/h4-11,18H,1-3H3. The fourth-order valence-electron chi connectivity index (χ4n) is 3.01. The normalized spacial score (nSPS) is 11.4. The van der Waals surface area contributed by atoms with Crippen molar-refractivity contribution in [1.29, 1.82) is 0 Å². The van der Waals surface area contributed by atoms with E-state index in [1.54, 1.807) is 24.3 Å². The van der Waals surface area contributed by atoms with Crippen LogP contribution < -0.4 is 10.4 Å². The lowest BCUT2D eigenvalue weighted by Crippen LogP contribution is -2.24. The van der Waals surface area contributed by atoms with Gasteiger partial charge in [0.05, 0.1) is 29.4 Å². The highest BCUT2D eigenvalue weighted by Crippen LogP contribution is 2.25. The van der Waals surface area contributed by atoms with Gasteiger partial charge in [-0.25, -0.2) is 9.59 Å². The third-order valence-electron chi connectivity index (χ3n) is 4.11. The second-order valence-corrected chi connectivity index (χ2v) is 6.15. The number of esters is 1. The van der Waals surface area contributed by atoms with Crippen LogP contribution in [0.5, 0.6) is 5.75 Å². The van der Waals surface area contributed by atoms with Crippen molar-refractivity contribution < 1.29 is 23.0 Å². The Morgan fingerprint density at radius 1 is 1.07 bits per heavy atom. The Hall–Kier alpha value is -3.16. The molecule has 0 amide bonds. The highest BCUT2D eigenvalue weighted by Gasteiger charge is 2.19. The summed E-state index contributed by atoms with van der Waals surface area (Å²) in [5.41, 5.74) is 1.42. The lowest BCUT2D eigenvalue weighted by Gasteiger charge is -2.08. The second kappa shape index (κ2) is 7.22. The third kappa shape index (κ3) is 3.42. The molecule has 0 fully saturated rings. The summed E-state index contributed by atoms with van der Waals surface area (Å²) in [6.45, 7) is 0.718. The van der Waals surface area contributed by atoms with Crippen molar-refractivity contribution in [3.8, 4) is 11.4 Å². The van der Waals surface area contributed by atoms with Crippen molar-refractivity contribution >= 4 is 17.0 Å². The number of halogens is 2. The van der Waals surface area contributed by atoms with Gasteiger partial charge in [0.25, 0.3) is 0 Å². The number of carbonyl (C=O) groups is 1. The summed E-state index contributed by atoms with van der Waals surface area (Å²) in [4.78, 5) is 24.9. The van der Waals surface area contributed by atoms with Gasteiger partial charge in [0, 0.05) is 12.1 Å². The van der Waals surface area contributed by atoms with Gasteiger partial charge in [0.2, 0.25) is 0 Å². The minimum atomic E-state index is -2.96. The molecule has 6 nitrogen and oxygen atoms in total. The van der Waals surface area contributed by atoms with Crippen molar-refractivity contribution in [3.05, 3.63) is 58.5 Å². The van der Waals surface area contributed by atoms with Gasteiger partial charge in [0.15, 0.2) is 0 Å². The monoisotopic (exact) mass is 376 g/mol. The zero-order valence-electron chi connectivity index (χ0n) is 15.0. The summed E-state index contributed by atoms with van der Waals surface area (Å²) in [6, 6.07) is 10.5. The number of ether oxygens (including phenoxy) is 2. The largest absolute Gasteiger partial charge is 0.465 e. The van der Waals surface area contributed by atoms with Crippen molar-refractivity contribution in [2.24, 2.45) is 0 Å². The van der Waals surface area contributed by atoms with E-state index in [0.717, 1.165) is 0 Å². The Bertz CT molecular complexity index is 1050. The maximum Gasteiger partial charge on any atom is 0.387 e. The predicted octanol–water partition coefficient (Wildman–Crippen LogP) is 3.76. The van der Waals surface area contributed by atoms with Crippen LogP contribution in [0.25, 0.3) is 16.7 Å². The van der Waals surface area contributed by atoms with Gasteiger partial charge in [-0.05, 0) is 44.2 Å². The topological polar surface area (TPSA) is 62.5 Å². The lowest BCUT2D eigenvalue weighted by atomic mass is 10.2. The molecule has 0 aliphatic rings. The molecule has 0 spiro atoms. The number of benzene rings is 2. The number of rotatable bonds is 5. The summed E-state index contributed by atoms with van der Waals surface area (Å²) in [7, 11) is 1.28. The van der Waals surface area contributed by atoms with E-state index in [0.29, 0.717) is 22.3 Å². The first-order valence-electron chi connectivity index (χ1n) is 8.24. The zero-order valence-corrected chi connectivity index (χ0v) is 15.0. The molecule has 3 rings (SSSR count). The van der Waals surface area contributed by atoms with Gasteiger partial charge in [-0.2, -0.15) is 8.78 Å². The number of carbonyl (C=O) groups excluding carboxylic acids is 1. The van der Waals surface area contributed by atoms with Crippen LogP contribution in [0, 0.1) is 0 Å². The van der Waals surface area contributed by atoms with Crippen LogP contribution in [0.4, 0.5) is 8.78 Å². The quantitative estimate of drug-likeness (QED) is 0.636. The Morgan fingerprint density at radius 2 is 1.81 bits per heavy atom. The second-order valence-electron chi connectivity index (χ2n) is 6.15. The predicted molar refractivity (Wildman–Crippen MR) is 95.9 cm³/mol. The van der Waals surface area contributed by atoms with Crippen LogP contribution in [0.2, 0.25) is 0 Å². The zero-order chi connectivity index (χ0) is 19.7. The van der Waals surface area contributed by atoms with Gasteiger partial charge in [0.1, 0.15) is 5.75 Å². The fourth-order valence-corrected chi connectivity index (χ4v) is 3.01. The van der Waals surface area contributed by atoms with E-state index in [2.05, 4.69) is 4.74 Å². The Morgan fingerprint density at radius 3 is 2.44 bits per heavy atom. The molecule has 0 radical (unpaired) electrons. The lowest BCUT2D eigenvalue weighted by molar-refractivity contribution is -0.0498. The molecule has 1 aromatic heterocycles. The van der Waals surface area contributed by atoms with Crippen molar-refractivity contribution in [2.75, 3.05) is 7.11 Å². The van der Waals surface area contributed by atoms with Crippen molar-refractivity contribution in [3.63, 3.8) is 0 Å². The molecule has 142 valence electrons. The molecule has 0 unspecified atom stereocenters. The number of nitrogens with zero attached hydrogens (tertiary/aromatic N) is 2. The highest BCUT2D eigenvalue weighted by molar-refractivity contribution is 5.94. The minimum absolute atomic E-state index is 0.0500. The van der Waals surface area contributed by atoms with E-state index >= 15 is 0 Å². The van der Waals surface area contributed by atoms with Crippen LogP contribution in [0.1, 0.15) is 30.2 Å². The van der Waals surface area contributed by atoms with E-state index in [-0.39, 0.29) is 17.5 Å². The Kier molecular flexibility index (Phi) is 4.98. The number of fused-ring (bicyclic) bond motifs is 1. The van der Waals surface area contributed by atoms with Crippen LogP contribution in [0.3, 0.4) is 0 Å². The molecule has 0 aliphatic heterocycles. The van der Waals surface area contributed by atoms with Crippen molar-refractivity contribution in [2.45, 2.75) is 26.5 Å². The van der Waals surface area contributed by atoms with Gasteiger partial charge >= 0.3 is 18.3 Å². The molecule has 0 aliphatic carbocycles. The summed E-state index contributed by atoms with van der Waals surface area (Å²) in [6.07, 6.45) is 0. The molecule has 0 saturated heterocycles. The first-order valence-corrected chi connectivity index (χ1v) is 8.24. The fraction of sp³-hybridized carbons (Fsp3) is 0.263. The van der Waals surface area contributed by atoms with E-state index < -0.39 is 12.6 Å². The van der Waals surface area contributed by atoms with E-state index in [4.69, 9.17) is 4.74 Å². The molecule has 8 heteroatoms. The maximum atomic E-state index is 13.0. The summed E-state index contributed by atoms with van der Waals surface area (Å²) in [5, 5.41) is 0. The number of hydrogen-bond acceptors (Lipinski definition) is 4. The number of imidazole rings is 1. The molecule has 1 heterocycles. The average Bonchev–Trinajstić information content (AvgIpc) is 2.91. The number of aromatic nitrogens is 2. The first kappa shape index (κ1) is 18.6. The smallest absolute Gasteiger partial charge is 0.387 e. The van der Waals surface area contributed by atoms with Gasteiger partial charge in [-0.15, -0.1) is 0 Å². The SMILES string of the molecule is COC(=O)c1ccc2c(c1)n(C(C)C)c(=O)n2-c1cccc(OC(F)F)c1. The highest BCUT2D eigenvalue weighted by atomic mass is 19.3. The molecule has 0 N–H and O–H groups in total. The Labute approximate surface area is 153 Å².